The van der Waals surface area contributed by atoms with Crippen LogP contribution in [0.3, 0.4) is 0 Å². The van der Waals surface area contributed by atoms with Crippen molar-refractivity contribution in [1.29, 1.82) is 0 Å². The van der Waals surface area contributed by atoms with Gasteiger partial charge >= 0.3 is 0 Å². The van der Waals surface area contributed by atoms with Gasteiger partial charge in [-0.05, 0) is 50.5 Å². The van der Waals surface area contributed by atoms with Crippen molar-refractivity contribution in [3.8, 4) is 5.69 Å². The van der Waals surface area contributed by atoms with Crippen molar-refractivity contribution < 1.29 is 4.79 Å². The number of nitrogens with zero attached hydrogens (tertiary/aromatic N) is 3. The van der Waals surface area contributed by atoms with Gasteiger partial charge in [-0.1, -0.05) is 36.5 Å². The summed E-state index contributed by atoms with van der Waals surface area (Å²) in [6.45, 7) is 5.39. The van der Waals surface area contributed by atoms with E-state index in [1.807, 2.05) is 11.8 Å². The highest BCUT2D eigenvalue weighted by molar-refractivity contribution is 6.33. The first-order valence-electron chi connectivity index (χ1n) is 9.99. The molecule has 0 aliphatic carbocycles. The molecule has 0 radical (unpaired) electrons. The average Bonchev–Trinajstić information content (AvgIpc) is 2.71. The van der Waals surface area contributed by atoms with E-state index >= 15 is 0 Å². The third-order valence-corrected chi connectivity index (χ3v) is 5.82. The number of aromatic nitrogens is 2. The number of halogens is 2. The Hall–Kier alpha value is -2.05. The van der Waals surface area contributed by atoms with Gasteiger partial charge in [0.25, 0.3) is 5.56 Å². The number of nitrogens with one attached hydrogen (secondary N) is 1. The third-order valence-electron chi connectivity index (χ3n) is 5.21. The molecule has 3 rings (SSSR count). The number of rotatable bonds is 6. The summed E-state index contributed by atoms with van der Waals surface area (Å²) in [6, 6.07) is 6.98. The van der Waals surface area contributed by atoms with E-state index < -0.39 is 5.56 Å². The molecule has 1 aromatic heterocycles. The number of anilines is 1. The van der Waals surface area contributed by atoms with Crippen molar-refractivity contribution in [3.05, 3.63) is 50.9 Å². The summed E-state index contributed by atoms with van der Waals surface area (Å²) in [6.07, 6.45) is 5.27. The van der Waals surface area contributed by atoms with Crippen LogP contribution in [0.2, 0.25) is 10.0 Å². The molecule has 0 spiro atoms. The molecular formula is C21H26Cl2N4O2. The fourth-order valence-electron chi connectivity index (χ4n) is 3.69. The summed E-state index contributed by atoms with van der Waals surface area (Å²) in [4.78, 5) is 27.4. The normalized spacial score (nSPS) is 17.8. The average molecular weight is 437 g/mol. The van der Waals surface area contributed by atoms with Gasteiger partial charge in [0.1, 0.15) is 5.02 Å². The molecule has 8 heteroatoms. The Morgan fingerprint density at radius 2 is 2.03 bits per heavy atom. The highest BCUT2D eigenvalue weighted by atomic mass is 35.5. The van der Waals surface area contributed by atoms with Crippen molar-refractivity contribution >= 4 is 34.8 Å². The number of carbonyl (C=O) groups excluding carboxylic acids is 1. The molecule has 0 saturated carbocycles. The van der Waals surface area contributed by atoms with Crippen LogP contribution in [-0.2, 0) is 4.79 Å². The second-order valence-corrected chi connectivity index (χ2v) is 8.34. The molecule has 1 amide bonds. The molecule has 6 nitrogen and oxygen atoms in total. The first kappa shape index (κ1) is 21.7. The van der Waals surface area contributed by atoms with Crippen LogP contribution in [0, 0.1) is 5.92 Å². The van der Waals surface area contributed by atoms with Crippen LogP contribution in [0.4, 0.5) is 5.69 Å². The van der Waals surface area contributed by atoms with Crippen molar-refractivity contribution in [2.24, 2.45) is 5.92 Å². The lowest BCUT2D eigenvalue weighted by atomic mass is 9.96. The number of hydrogen-bond donors (Lipinski definition) is 1. The molecular weight excluding hydrogens is 411 g/mol. The van der Waals surface area contributed by atoms with Crippen LogP contribution in [0.25, 0.3) is 5.69 Å². The van der Waals surface area contributed by atoms with E-state index in [0.717, 1.165) is 32.2 Å². The Balaban J connectivity index is 1.78. The molecule has 1 fully saturated rings. The second-order valence-electron chi connectivity index (χ2n) is 7.52. The minimum Gasteiger partial charge on any atom is -0.368 e. The van der Waals surface area contributed by atoms with E-state index in [0.29, 0.717) is 22.9 Å². The Morgan fingerprint density at radius 1 is 1.31 bits per heavy atom. The van der Waals surface area contributed by atoms with Crippen molar-refractivity contribution in [1.82, 2.24) is 15.1 Å². The SMILES string of the molecule is CCCC(C)NC(=O)C1CCCN(c2cnn(-c3ccc(Cl)cc3)c(=O)c2Cl)C1. The Labute approximate surface area is 180 Å². The standard InChI is InChI=1S/C21H26Cl2N4O2/c1-3-5-14(2)25-20(28)15-6-4-11-26(13-15)18-12-24-27(21(29)19(18)23)17-9-7-16(22)8-10-17/h7-10,12,14-15H,3-6,11,13H2,1-2H3,(H,25,28). The van der Waals surface area contributed by atoms with Gasteiger partial charge in [0, 0.05) is 24.2 Å². The second kappa shape index (κ2) is 9.63. The van der Waals surface area contributed by atoms with Crippen LogP contribution in [0.5, 0.6) is 0 Å². The monoisotopic (exact) mass is 436 g/mol. The maximum Gasteiger partial charge on any atom is 0.292 e. The van der Waals surface area contributed by atoms with Gasteiger partial charge in [0.05, 0.1) is 23.5 Å². The molecule has 29 heavy (non-hydrogen) atoms. The first-order valence-corrected chi connectivity index (χ1v) is 10.8. The molecule has 0 bridgehead atoms. The molecule has 156 valence electrons. The molecule has 1 N–H and O–H groups in total. The maximum atomic E-state index is 12.8. The van der Waals surface area contributed by atoms with Crippen molar-refractivity contribution in [2.45, 2.75) is 45.6 Å². The van der Waals surface area contributed by atoms with E-state index in [4.69, 9.17) is 23.2 Å². The Morgan fingerprint density at radius 3 is 2.72 bits per heavy atom. The van der Waals surface area contributed by atoms with Crippen molar-refractivity contribution in [2.75, 3.05) is 18.0 Å². The minimum absolute atomic E-state index is 0.0641. The Bertz CT molecular complexity index is 914. The van der Waals surface area contributed by atoms with Crippen LogP contribution in [0.15, 0.2) is 35.3 Å². The third kappa shape index (κ3) is 5.11. The predicted molar refractivity (Wildman–Crippen MR) is 117 cm³/mol. The summed E-state index contributed by atoms with van der Waals surface area (Å²) in [5.74, 6) is -0.0629. The lowest BCUT2D eigenvalue weighted by Gasteiger charge is -2.34. The number of piperidine rings is 1. The fourth-order valence-corrected chi connectivity index (χ4v) is 4.06. The lowest BCUT2D eigenvalue weighted by molar-refractivity contribution is -0.125. The zero-order valence-electron chi connectivity index (χ0n) is 16.7. The molecule has 1 aromatic carbocycles. The fraction of sp³-hybridized carbons (Fsp3) is 0.476. The first-order chi connectivity index (χ1) is 13.9. The highest BCUT2D eigenvalue weighted by Gasteiger charge is 2.28. The number of amides is 1. The number of benzene rings is 1. The molecule has 2 atom stereocenters. The lowest BCUT2D eigenvalue weighted by Crippen LogP contribution is -2.45. The Kier molecular flexibility index (Phi) is 7.19. The highest BCUT2D eigenvalue weighted by Crippen LogP contribution is 2.27. The summed E-state index contributed by atoms with van der Waals surface area (Å²) in [7, 11) is 0. The largest absolute Gasteiger partial charge is 0.368 e. The minimum atomic E-state index is -0.394. The summed E-state index contributed by atoms with van der Waals surface area (Å²) < 4.78 is 1.25. The van der Waals surface area contributed by atoms with E-state index in [9.17, 15) is 9.59 Å². The summed E-state index contributed by atoms with van der Waals surface area (Å²) in [5.41, 5.74) is 0.768. The van der Waals surface area contributed by atoms with Gasteiger partial charge in [0.15, 0.2) is 0 Å². The van der Waals surface area contributed by atoms with Crippen LogP contribution >= 0.6 is 23.2 Å². The quantitative estimate of drug-likeness (QED) is 0.740. The molecule has 1 saturated heterocycles. The van der Waals surface area contributed by atoms with E-state index in [1.54, 1.807) is 30.5 Å². The molecule has 2 unspecified atom stereocenters. The van der Waals surface area contributed by atoms with Gasteiger partial charge < -0.3 is 10.2 Å². The number of hydrogen-bond acceptors (Lipinski definition) is 4. The molecule has 2 heterocycles. The summed E-state index contributed by atoms with van der Waals surface area (Å²) in [5, 5.41) is 8.07. The zero-order chi connectivity index (χ0) is 21.0. The van der Waals surface area contributed by atoms with Crippen LogP contribution < -0.4 is 15.8 Å². The van der Waals surface area contributed by atoms with Gasteiger partial charge in [-0.3, -0.25) is 9.59 Å². The van der Waals surface area contributed by atoms with Gasteiger partial charge in [-0.15, -0.1) is 0 Å². The van der Waals surface area contributed by atoms with Gasteiger partial charge in [-0.25, -0.2) is 0 Å². The van der Waals surface area contributed by atoms with Gasteiger partial charge in [0.2, 0.25) is 5.91 Å². The van der Waals surface area contributed by atoms with E-state index in [-0.39, 0.29) is 22.9 Å². The smallest absolute Gasteiger partial charge is 0.292 e. The van der Waals surface area contributed by atoms with E-state index in [1.165, 1.54) is 4.68 Å². The van der Waals surface area contributed by atoms with Crippen LogP contribution in [-0.4, -0.2) is 34.8 Å². The molecule has 2 aromatic rings. The predicted octanol–water partition coefficient (Wildman–Crippen LogP) is 4.06. The summed E-state index contributed by atoms with van der Waals surface area (Å²) >= 11 is 12.3. The number of carbonyl (C=O) groups is 1. The van der Waals surface area contributed by atoms with Crippen LogP contribution in [0.1, 0.15) is 39.5 Å². The zero-order valence-corrected chi connectivity index (χ0v) is 18.2. The molecule has 1 aliphatic heterocycles. The van der Waals surface area contributed by atoms with E-state index in [2.05, 4.69) is 17.3 Å². The topological polar surface area (TPSA) is 67.2 Å². The maximum absolute atomic E-state index is 12.8. The van der Waals surface area contributed by atoms with Crippen molar-refractivity contribution in [3.63, 3.8) is 0 Å². The van der Waals surface area contributed by atoms with Gasteiger partial charge in [-0.2, -0.15) is 9.78 Å². The molecule has 1 aliphatic rings.